The van der Waals surface area contributed by atoms with E-state index in [4.69, 9.17) is 18.7 Å². The van der Waals surface area contributed by atoms with Gasteiger partial charge in [-0.05, 0) is 52.7 Å². The topological polar surface area (TPSA) is 87.7 Å². The quantitative estimate of drug-likeness (QED) is 0.266. The number of rotatable bonds is 17. The third-order valence-corrected chi connectivity index (χ3v) is 6.54. The van der Waals surface area contributed by atoms with Gasteiger partial charge in [-0.2, -0.15) is 5.26 Å². The highest BCUT2D eigenvalue weighted by Gasteiger charge is 2.26. The number of carbonyl (C=O) groups excluding carboxylic acids is 1. The summed E-state index contributed by atoms with van der Waals surface area (Å²) in [6, 6.07) is 6.47. The normalized spacial score (nSPS) is 12.5. The fourth-order valence-electron chi connectivity index (χ4n) is 3.04. The minimum Gasteiger partial charge on any atom is -0.469 e. The molecule has 7 nitrogen and oxygen atoms in total. The third-order valence-electron chi connectivity index (χ3n) is 4.44. The summed E-state index contributed by atoms with van der Waals surface area (Å²) in [6.45, 7) is 10.3. The predicted octanol–water partition coefficient (Wildman–Crippen LogP) is 5.18. The first-order valence-electron chi connectivity index (χ1n) is 11.0. The summed E-state index contributed by atoms with van der Waals surface area (Å²) in [6.07, 6.45) is 7.11. The largest absolute Gasteiger partial charge is 0.469 e. The van der Waals surface area contributed by atoms with Crippen molar-refractivity contribution in [1.82, 2.24) is 9.99 Å². The van der Waals surface area contributed by atoms with Gasteiger partial charge in [-0.3, -0.25) is 4.79 Å². The van der Waals surface area contributed by atoms with Crippen LogP contribution >= 0.6 is 8.53 Å². The molecule has 1 amide bonds. The molecule has 0 aliphatic rings. The van der Waals surface area contributed by atoms with Crippen molar-refractivity contribution in [3.63, 3.8) is 0 Å². The molecule has 1 unspecified atom stereocenters. The SMILES string of the molecule is CC(C)N(C(C)C)P(OCCC#N)OCCCCCCNC(=O)CCc1ccco1. The number of hydrogen-bond donors (Lipinski definition) is 1. The Bertz CT molecular complexity index is 594. The Morgan fingerprint density at radius 3 is 2.50 bits per heavy atom. The van der Waals surface area contributed by atoms with E-state index in [1.807, 2.05) is 12.1 Å². The van der Waals surface area contributed by atoms with Crippen molar-refractivity contribution in [2.75, 3.05) is 19.8 Å². The average Bonchev–Trinajstić information content (AvgIpc) is 3.21. The molecule has 30 heavy (non-hydrogen) atoms. The van der Waals surface area contributed by atoms with Gasteiger partial charge in [0.1, 0.15) is 5.76 Å². The molecule has 1 rings (SSSR count). The Balaban J connectivity index is 2.15. The maximum absolute atomic E-state index is 11.8. The lowest BCUT2D eigenvalue weighted by molar-refractivity contribution is -0.121. The molecule has 8 heteroatoms. The average molecular weight is 440 g/mol. The first kappa shape index (κ1) is 26.6. The van der Waals surface area contributed by atoms with Crippen LogP contribution in [-0.4, -0.2) is 42.4 Å². The lowest BCUT2D eigenvalue weighted by atomic mass is 10.2. The van der Waals surface area contributed by atoms with Crippen molar-refractivity contribution >= 4 is 14.4 Å². The molecular weight excluding hydrogens is 401 g/mol. The second-order valence-corrected chi connectivity index (χ2v) is 9.18. The zero-order valence-corrected chi connectivity index (χ0v) is 19.8. The van der Waals surface area contributed by atoms with Crippen molar-refractivity contribution in [2.24, 2.45) is 0 Å². The minimum absolute atomic E-state index is 0.0670. The van der Waals surface area contributed by atoms with E-state index in [9.17, 15) is 4.79 Å². The molecule has 0 spiro atoms. The van der Waals surface area contributed by atoms with E-state index >= 15 is 0 Å². The molecule has 0 aliphatic carbocycles. The molecule has 0 aliphatic heterocycles. The molecule has 170 valence electrons. The minimum atomic E-state index is -1.15. The van der Waals surface area contributed by atoms with Gasteiger partial charge < -0.3 is 18.8 Å². The molecule has 1 atom stereocenters. The van der Waals surface area contributed by atoms with E-state index in [-0.39, 0.29) is 5.91 Å². The Hall–Kier alpha value is -1.45. The second kappa shape index (κ2) is 16.3. The molecule has 0 radical (unpaired) electrons. The smallest absolute Gasteiger partial charge is 0.259 e. The molecule has 1 N–H and O–H groups in total. The Morgan fingerprint density at radius 1 is 1.17 bits per heavy atom. The van der Waals surface area contributed by atoms with E-state index < -0.39 is 8.53 Å². The highest BCUT2D eigenvalue weighted by atomic mass is 31.2. The first-order valence-corrected chi connectivity index (χ1v) is 12.1. The molecule has 0 fully saturated rings. The van der Waals surface area contributed by atoms with Gasteiger partial charge in [0.25, 0.3) is 8.53 Å². The van der Waals surface area contributed by atoms with Crippen molar-refractivity contribution < 1.29 is 18.3 Å². The van der Waals surface area contributed by atoms with Crippen LogP contribution in [0.2, 0.25) is 0 Å². The molecule has 1 heterocycles. The van der Waals surface area contributed by atoms with Crippen molar-refractivity contribution in [3.05, 3.63) is 24.2 Å². The third kappa shape index (κ3) is 11.7. The fourth-order valence-corrected chi connectivity index (χ4v) is 4.67. The number of nitrogens with one attached hydrogen (secondary N) is 1. The zero-order chi connectivity index (χ0) is 22.2. The van der Waals surface area contributed by atoms with Crippen LogP contribution in [0.15, 0.2) is 22.8 Å². The number of amides is 1. The first-order chi connectivity index (χ1) is 14.5. The monoisotopic (exact) mass is 439 g/mol. The second-order valence-electron chi connectivity index (χ2n) is 7.72. The molecule has 1 aromatic rings. The Labute approximate surface area is 183 Å². The van der Waals surface area contributed by atoms with Gasteiger partial charge in [0, 0.05) is 31.5 Å². The van der Waals surface area contributed by atoms with E-state index in [0.717, 1.165) is 31.4 Å². The lowest BCUT2D eigenvalue weighted by Gasteiger charge is -2.35. The van der Waals surface area contributed by atoms with E-state index in [0.29, 0.717) is 51.1 Å². The van der Waals surface area contributed by atoms with Crippen LogP contribution < -0.4 is 5.32 Å². The van der Waals surface area contributed by atoms with Crippen LogP contribution in [0.1, 0.15) is 72.0 Å². The number of aryl methyl sites for hydroxylation is 1. The maximum Gasteiger partial charge on any atom is 0.259 e. The lowest BCUT2D eigenvalue weighted by Crippen LogP contribution is -2.33. The van der Waals surface area contributed by atoms with E-state index in [1.165, 1.54) is 0 Å². The van der Waals surface area contributed by atoms with Gasteiger partial charge in [-0.1, -0.05) is 12.8 Å². The summed E-state index contributed by atoms with van der Waals surface area (Å²) in [5.41, 5.74) is 0. The van der Waals surface area contributed by atoms with Gasteiger partial charge in [-0.25, -0.2) is 4.67 Å². The predicted molar refractivity (Wildman–Crippen MR) is 120 cm³/mol. The van der Waals surface area contributed by atoms with Crippen molar-refractivity contribution in [3.8, 4) is 6.07 Å². The fraction of sp³-hybridized carbons (Fsp3) is 0.727. The van der Waals surface area contributed by atoms with Crippen molar-refractivity contribution in [1.29, 1.82) is 5.26 Å². The zero-order valence-electron chi connectivity index (χ0n) is 18.9. The molecule has 0 aromatic carbocycles. The molecule has 1 aromatic heterocycles. The van der Waals surface area contributed by atoms with Crippen LogP contribution in [0, 0.1) is 11.3 Å². The molecule has 0 saturated carbocycles. The number of hydrogen-bond acceptors (Lipinski definition) is 6. The van der Waals surface area contributed by atoms with Gasteiger partial charge in [-0.15, -0.1) is 0 Å². The molecular formula is C22H38N3O4P. The van der Waals surface area contributed by atoms with Crippen molar-refractivity contribution in [2.45, 2.75) is 84.7 Å². The summed E-state index contributed by atoms with van der Waals surface area (Å²) in [7, 11) is -1.15. The number of nitriles is 1. The Kier molecular flexibility index (Phi) is 14.4. The summed E-state index contributed by atoms with van der Waals surface area (Å²) in [5.74, 6) is 0.910. The van der Waals surface area contributed by atoms with Crippen LogP contribution in [0.5, 0.6) is 0 Å². The maximum atomic E-state index is 11.8. The summed E-state index contributed by atoms with van der Waals surface area (Å²) < 4.78 is 19.4. The molecule has 0 bridgehead atoms. The Morgan fingerprint density at radius 2 is 1.87 bits per heavy atom. The van der Waals surface area contributed by atoms with Gasteiger partial charge in [0.15, 0.2) is 0 Å². The standard InChI is InChI=1S/C22H38N3O4P/c1-19(2)25(20(3)4)30(29-18-10-14-23)28-17-8-6-5-7-15-24-22(26)13-12-21-11-9-16-27-21/h9,11,16,19-20H,5-8,10,12-13,15,17-18H2,1-4H3,(H,24,26). The van der Waals surface area contributed by atoms with E-state index in [2.05, 4.69) is 43.8 Å². The number of nitrogens with zero attached hydrogens (tertiary/aromatic N) is 2. The van der Waals surface area contributed by atoms with Gasteiger partial charge in [0.05, 0.1) is 32.0 Å². The van der Waals surface area contributed by atoms with Crippen LogP contribution in [-0.2, 0) is 20.3 Å². The highest BCUT2D eigenvalue weighted by Crippen LogP contribution is 2.46. The summed E-state index contributed by atoms with van der Waals surface area (Å²) >= 11 is 0. The molecule has 0 saturated heterocycles. The number of furan rings is 1. The van der Waals surface area contributed by atoms with Crippen LogP contribution in [0.4, 0.5) is 0 Å². The summed E-state index contributed by atoms with van der Waals surface area (Å²) in [5, 5.41) is 11.7. The highest BCUT2D eigenvalue weighted by molar-refractivity contribution is 7.44. The number of unbranched alkanes of at least 4 members (excludes halogenated alkanes) is 3. The van der Waals surface area contributed by atoms with Gasteiger partial charge in [0.2, 0.25) is 5.91 Å². The van der Waals surface area contributed by atoms with Gasteiger partial charge >= 0.3 is 0 Å². The number of carbonyl (C=O) groups is 1. The summed E-state index contributed by atoms with van der Waals surface area (Å²) in [4.78, 5) is 11.8. The van der Waals surface area contributed by atoms with E-state index in [1.54, 1.807) is 6.26 Å². The van der Waals surface area contributed by atoms with Crippen LogP contribution in [0.3, 0.4) is 0 Å². The van der Waals surface area contributed by atoms with Crippen LogP contribution in [0.25, 0.3) is 0 Å².